The third kappa shape index (κ3) is 1.35. The van der Waals surface area contributed by atoms with Crippen LogP contribution in [0.5, 0.6) is 0 Å². The van der Waals surface area contributed by atoms with Crippen molar-refractivity contribution in [3.63, 3.8) is 0 Å². The number of hydrogen-bond donors (Lipinski definition) is 0. The summed E-state index contributed by atoms with van der Waals surface area (Å²) in [5.74, 6) is -0.138. The van der Waals surface area contributed by atoms with Gasteiger partial charge in [-0.15, -0.1) is 0 Å². The molecule has 0 aromatic rings. The third-order valence-corrected chi connectivity index (χ3v) is 6.07. The average molecular weight is 265 g/mol. The molecule has 0 radical (unpaired) electrons. The van der Waals surface area contributed by atoms with Crippen LogP contribution in [0.4, 0.5) is 0 Å². The van der Waals surface area contributed by atoms with Crippen molar-refractivity contribution in [2.45, 2.75) is 58.5 Å². The van der Waals surface area contributed by atoms with Crippen LogP contribution < -0.4 is 0 Å². The molecule has 0 N–H and O–H groups in total. The molecule has 1 amide bonds. The molecule has 0 aromatic heterocycles. The van der Waals surface area contributed by atoms with Gasteiger partial charge in [0.2, 0.25) is 0 Å². The summed E-state index contributed by atoms with van der Waals surface area (Å²) >= 11 is 0. The Bertz CT molecular complexity index is 439. The molecule has 2 heterocycles. The Kier molecular flexibility index (Phi) is 2.55. The molecule has 19 heavy (non-hydrogen) atoms. The quantitative estimate of drug-likeness (QED) is 0.682. The summed E-state index contributed by atoms with van der Waals surface area (Å²) in [5, 5.41) is 0. The van der Waals surface area contributed by atoms with Crippen LogP contribution in [0.1, 0.15) is 52.9 Å². The van der Waals surface area contributed by atoms with Crippen molar-refractivity contribution < 1.29 is 14.3 Å². The van der Waals surface area contributed by atoms with E-state index in [1.165, 1.54) is 6.42 Å². The molecule has 4 nitrogen and oxygen atoms in total. The Morgan fingerprint density at radius 3 is 2.21 bits per heavy atom. The number of nitrogens with zero attached hydrogens (tertiary/aromatic N) is 1. The molecule has 2 bridgehead atoms. The highest BCUT2D eigenvalue weighted by atomic mass is 16.6. The summed E-state index contributed by atoms with van der Waals surface area (Å²) in [6, 6.07) is 0. The van der Waals surface area contributed by atoms with Gasteiger partial charge in [-0.25, -0.2) is 0 Å². The van der Waals surface area contributed by atoms with Crippen molar-refractivity contribution in [3.8, 4) is 0 Å². The second-order valence-corrected chi connectivity index (χ2v) is 7.03. The smallest absolute Gasteiger partial charge is 0.313 e. The molecule has 1 aliphatic carbocycles. The number of likely N-dealkylation sites (tertiary alicyclic amines) is 1. The van der Waals surface area contributed by atoms with Gasteiger partial charge in [0.05, 0.1) is 5.41 Å². The normalized spacial score (nSPS) is 40.4. The first-order valence-electron chi connectivity index (χ1n) is 7.38. The summed E-state index contributed by atoms with van der Waals surface area (Å²) < 4.78 is 5.65. The lowest BCUT2D eigenvalue weighted by Gasteiger charge is -2.40. The van der Waals surface area contributed by atoms with Crippen LogP contribution in [0.3, 0.4) is 0 Å². The molecule has 3 rings (SSSR count). The fraction of sp³-hybridized carbons (Fsp3) is 0.867. The zero-order valence-corrected chi connectivity index (χ0v) is 12.1. The highest BCUT2D eigenvalue weighted by Gasteiger charge is 2.76. The Labute approximate surface area is 114 Å². The molecule has 106 valence electrons. The van der Waals surface area contributed by atoms with Gasteiger partial charge in [0.15, 0.2) is 5.60 Å². The first kappa shape index (κ1) is 12.9. The van der Waals surface area contributed by atoms with Crippen molar-refractivity contribution in [2.24, 2.45) is 10.8 Å². The van der Waals surface area contributed by atoms with Crippen LogP contribution in [0.15, 0.2) is 0 Å². The van der Waals surface area contributed by atoms with E-state index in [0.717, 1.165) is 32.4 Å². The Balaban J connectivity index is 1.95. The number of rotatable bonds is 1. The molecule has 3 aliphatic rings. The number of carbonyl (C=O) groups excluding carboxylic acids is 2. The minimum absolute atomic E-state index is 0.0479. The number of fused-ring (bicyclic) bond motifs is 2. The van der Waals surface area contributed by atoms with Gasteiger partial charge in [-0.3, -0.25) is 9.59 Å². The van der Waals surface area contributed by atoms with Crippen LogP contribution >= 0.6 is 0 Å². The molecule has 1 saturated carbocycles. The second kappa shape index (κ2) is 3.74. The first-order chi connectivity index (χ1) is 8.85. The predicted molar refractivity (Wildman–Crippen MR) is 70.4 cm³/mol. The summed E-state index contributed by atoms with van der Waals surface area (Å²) in [4.78, 5) is 27.0. The van der Waals surface area contributed by atoms with E-state index in [2.05, 4.69) is 0 Å². The number of piperidine rings is 1. The Morgan fingerprint density at radius 1 is 1.11 bits per heavy atom. The van der Waals surface area contributed by atoms with Gasteiger partial charge in [0.25, 0.3) is 5.91 Å². The van der Waals surface area contributed by atoms with Crippen LogP contribution in [-0.4, -0.2) is 35.5 Å². The van der Waals surface area contributed by atoms with Crippen molar-refractivity contribution in [1.29, 1.82) is 0 Å². The molecule has 0 aromatic carbocycles. The van der Waals surface area contributed by atoms with E-state index in [1.54, 1.807) is 0 Å². The monoisotopic (exact) mass is 265 g/mol. The number of esters is 1. The van der Waals surface area contributed by atoms with E-state index >= 15 is 0 Å². The van der Waals surface area contributed by atoms with Gasteiger partial charge in [0, 0.05) is 18.5 Å². The molecular weight excluding hydrogens is 242 g/mol. The topological polar surface area (TPSA) is 46.6 Å². The van der Waals surface area contributed by atoms with Crippen molar-refractivity contribution in [1.82, 2.24) is 4.90 Å². The maximum atomic E-state index is 12.9. The lowest BCUT2D eigenvalue weighted by molar-refractivity contribution is -0.174. The van der Waals surface area contributed by atoms with Crippen LogP contribution in [0.25, 0.3) is 0 Å². The van der Waals surface area contributed by atoms with E-state index < -0.39 is 16.4 Å². The van der Waals surface area contributed by atoms with Gasteiger partial charge >= 0.3 is 5.97 Å². The van der Waals surface area contributed by atoms with Crippen LogP contribution in [-0.2, 0) is 14.3 Å². The average Bonchev–Trinajstić information content (AvgIpc) is 2.69. The third-order valence-electron chi connectivity index (χ3n) is 6.07. The second-order valence-electron chi connectivity index (χ2n) is 7.03. The molecule has 4 heteroatoms. The number of carbonyl (C=O) groups is 2. The van der Waals surface area contributed by atoms with Crippen LogP contribution in [0, 0.1) is 10.8 Å². The largest absolute Gasteiger partial charge is 0.448 e. The SMILES string of the molecule is CC12CCC(C(=O)N3CCCCC3)(OC1=O)C2(C)C. The van der Waals surface area contributed by atoms with Crippen molar-refractivity contribution in [2.75, 3.05) is 13.1 Å². The zero-order valence-electron chi connectivity index (χ0n) is 12.1. The number of hydrogen-bond acceptors (Lipinski definition) is 3. The van der Waals surface area contributed by atoms with Gasteiger partial charge in [-0.2, -0.15) is 0 Å². The highest BCUT2D eigenvalue weighted by Crippen LogP contribution is 2.66. The molecule has 2 unspecified atom stereocenters. The standard InChI is InChI=1S/C15H23NO3/c1-13(2)14(3)7-8-15(13,19-12(14)18)11(17)16-9-5-4-6-10-16/h4-10H2,1-3H3. The maximum absolute atomic E-state index is 12.9. The highest BCUT2D eigenvalue weighted by molar-refractivity contribution is 5.96. The predicted octanol–water partition coefficient (Wildman–Crippen LogP) is 2.12. The van der Waals surface area contributed by atoms with E-state index in [9.17, 15) is 9.59 Å². The van der Waals surface area contributed by atoms with Gasteiger partial charge in [-0.05, 0) is 39.0 Å². The van der Waals surface area contributed by atoms with Gasteiger partial charge in [-0.1, -0.05) is 13.8 Å². The lowest BCUT2D eigenvalue weighted by Crippen LogP contribution is -2.55. The minimum atomic E-state index is -0.907. The molecular formula is C15H23NO3. The van der Waals surface area contributed by atoms with E-state index in [4.69, 9.17) is 4.74 Å². The zero-order chi connectivity index (χ0) is 13.9. The molecule has 2 aliphatic heterocycles. The van der Waals surface area contributed by atoms with Crippen LogP contribution in [0.2, 0.25) is 0 Å². The first-order valence-corrected chi connectivity index (χ1v) is 7.38. The Hall–Kier alpha value is -1.06. The summed E-state index contributed by atoms with van der Waals surface area (Å²) in [7, 11) is 0. The van der Waals surface area contributed by atoms with E-state index in [-0.39, 0.29) is 11.9 Å². The summed E-state index contributed by atoms with van der Waals surface area (Å²) in [5.41, 5.74) is -1.82. The van der Waals surface area contributed by atoms with Gasteiger partial charge < -0.3 is 9.64 Å². The van der Waals surface area contributed by atoms with Gasteiger partial charge in [0.1, 0.15) is 0 Å². The number of ether oxygens (including phenoxy) is 1. The van der Waals surface area contributed by atoms with Crippen molar-refractivity contribution >= 4 is 11.9 Å². The minimum Gasteiger partial charge on any atom is -0.448 e. The molecule has 2 atom stereocenters. The van der Waals surface area contributed by atoms with E-state index in [0.29, 0.717) is 6.42 Å². The summed E-state index contributed by atoms with van der Waals surface area (Å²) in [6.45, 7) is 7.61. The molecule has 0 spiro atoms. The maximum Gasteiger partial charge on any atom is 0.313 e. The van der Waals surface area contributed by atoms with E-state index in [1.807, 2.05) is 25.7 Å². The molecule has 2 saturated heterocycles. The fourth-order valence-corrected chi connectivity index (χ4v) is 4.07. The van der Waals surface area contributed by atoms with Crippen molar-refractivity contribution in [3.05, 3.63) is 0 Å². The lowest BCUT2D eigenvalue weighted by atomic mass is 9.66. The summed E-state index contributed by atoms with van der Waals surface area (Å²) in [6.07, 6.45) is 4.76. The number of amides is 1. The fourth-order valence-electron chi connectivity index (χ4n) is 4.07. The molecule has 3 fully saturated rings. The Morgan fingerprint density at radius 2 is 1.74 bits per heavy atom.